The van der Waals surface area contributed by atoms with Gasteiger partial charge in [-0.2, -0.15) is 8.78 Å². The highest BCUT2D eigenvalue weighted by molar-refractivity contribution is 4.69. The van der Waals surface area contributed by atoms with Gasteiger partial charge in [-0.1, -0.05) is 0 Å². The van der Waals surface area contributed by atoms with E-state index in [0.29, 0.717) is 6.92 Å². The lowest BCUT2D eigenvalue weighted by Crippen LogP contribution is -2.10. The molecule has 0 amide bonds. The van der Waals surface area contributed by atoms with Crippen LogP contribution in [0.1, 0.15) is 13.3 Å². The van der Waals surface area contributed by atoms with Crippen molar-refractivity contribution in [2.45, 2.75) is 19.3 Å². The zero-order chi connectivity index (χ0) is 6.78. The Hall–Kier alpha value is -0.280. The molecule has 0 bridgehead atoms. The van der Waals surface area contributed by atoms with Crippen LogP contribution in [0.5, 0.6) is 0 Å². The van der Waals surface area contributed by atoms with Gasteiger partial charge in [-0.15, -0.1) is 0 Å². The standard InChI is InChI=1S/C4H5F4/c1-4(7,8)2-3(5)6/h2H2,1H3. The molecule has 0 aromatic rings. The van der Waals surface area contributed by atoms with Crippen molar-refractivity contribution in [2.24, 2.45) is 0 Å². The molecular formula is C4H5F4. The van der Waals surface area contributed by atoms with Crippen LogP contribution in [0.4, 0.5) is 17.6 Å². The maximum atomic E-state index is 11.5. The van der Waals surface area contributed by atoms with Gasteiger partial charge in [0.25, 0.3) is 5.92 Å². The van der Waals surface area contributed by atoms with Crippen molar-refractivity contribution in [3.8, 4) is 0 Å². The Bertz CT molecular complexity index is 62.9. The zero-order valence-corrected chi connectivity index (χ0v) is 4.22. The molecule has 0 heterocycles. The summed E-state index contributed by atoms with van der Waals surface area (Å²) in [5.41, 5.74) is 0. The average Bonchev–Trinajstić information content (AvgIpc) is 1.21. The van der Waals surface area contributed by atoms with Gasteiger partial charge in [0.2, 0.25) is 0 Å². The molecule has 4 heteroatoms. The second kappa shape index (κ2) is 2.33. The molecule has 0 aliphatic heterocycles. The van der Waals surface area contributed by atoms with Crippen LogP contribution < -0.4 is 0 Å². The molecule has 0 rings (SSSR count). The average molecular weight is 129 g/mol. The van der Waals surface area contributed by atoms with Gasteiger partial charge in [0.05, 0.1) is 6.42 Å². The maximum absolute atomic E-state index is 11.5. The van der Waals surface area contributed by atoms with Crippen LogP contribution in [0.2, 0.25) is 0 Å². The first-order valence-corrected chi connectivity index (χ1v) is 1.96. The monoisotopic (exact) mass is 129 g/mol. The number of rotatable bonds is 2. The van der Waals surface area contributed by atoms with E-state index in [0.717, 1.165) is 0 Å². The van der Waals surface area contributed by atoms with Crippen molar-refractivity contribution in [3.63, 3.8) is 0 Å². The molecule has 0 aromatic heterocycles. The van der Waals surface area contributed by atoms with Crippen LogP contribution in [0, 0.1) is 6.43 Å². The summed E-state index contributed by atoms with van der Waals surface area (Å²) in [5.74, 6) is -3.27. The van der Waals surface area contributed by atoms with Gasteiger partial charge < -0.3 is 0 Å². The van der Waals surface area contributed by atoms with E-state index in [4.69, 9.17) is 0 Å². The normalized spacial score (nSPS) is 12.8. The molecule has 1 radical (unpaired) electrons. The fourth-order valence-electron chi connectivity index (χ4n) is 0.235. The van der Waals surface area contributed by atoms with Crippen LogP contribution in [-0.4, -0.2) is 5.92 Å². The van der Waals surface area contributed by atoms with Crippen LogP contribution >= 0.6 is 0 Å². The lowest BCUT2D eigenvalue weighted by atomic mass is 10.3. The summed E-state index contributed by atoms with van der Waals surface area (Å²) in [4.78, 5) is 0. The Morgan fingerprint density at radius 3 is 1.75 bits per heavy atom. The van der Waals surface area contributed by atoms with Crippen LogP contribution in [0.3, 0.4) is 0 Å². The summed E-state index contributed by atoms with van der Waals surface area (Å²) in [6.45, 7) is 0.451. The summed E-state index contributed by atoms with van der Waals surface area (Å²) >= 11 is 0. The Kier molecular flexibility index (Phi) is 2.25. The molecule has 49 valence electrons. The molecule has 0 aromatic carbocycles. The second-order valence-corrected chi connectivity index (χ2v) is 1.59. The lowest BCUT2D eigenvalue weighted by molar-refractivity contribution is -0.00568. The quantitative estimate of drug-likeness (QED) is 0.502. The van der Waals surface area contributed by atoms with Gasteiger partial charge in [0.1, 0.15) is 0 Å². The zero-order valence-electron chi connectivity index (χ0n) is 4.22. The first-order chi connectivity index (χ1) is 3.42. The van der Waals surface area contributed by atoms with Crippen molar-refractivity contribution in [1.29, 1.82) is 0 Å². The van der Waals surface area contributed by atoms with E-state index in [1.807, 2.05) is 0 Å². The molecule has 0 aliphatic carbocycles. The third kappa shape index (κ3) is 5.72. The van der Waals surface area contributed by atoms with Gasteiger partial charge in [-0.3, -0.25) is 0 Å². The predicted molar refractivity (Wildman–Crippen MR) is 20.7 cm³/mol. The van der Waals surface area contributed by atoms with Crippen molar-refractivity contribution < 1.29 is 17.6 Å². The SMILES string of the molecule is CC(F)(F)C[C](F)F. The van der Waals surface area contributed by atoms with Gasteiger partial charge in [0, 0.05) is 0 Å². The molecule has 0 N–H and O–H groups in total. The molecule has 0 aliphatic rings. The van der Waals surface area contributed by atoms with Crippen LogP contribution in [-0.2, 0) is 0 Å². The van der Waals surface area contributed by atoms with Gasteiger partial charge >= 0.3 is 6.43 Å². The summed E-state index contributed by atoms with van der Waals surface area (Å²) in [7, 11) is 0. The van der Waals surface area contributed by atoms with Crippen LogP contribution in [0.15, 0.2) is 0 Å². The van der Waals surface area contributed by atoms with E-state index < -0.39 is 18.8 Å². The summed E-state index contributed by atoms with van der Waals surface area (Å²) < 4.78 is 44.9. The molecule has 8 heavy (non-hydrogen) atoms. The molecule has 0 atom stereocenters. The fraction of sp³-hybridized carbons (Fsp3) is 0.750. The first-order valence-electron chi connectivity index (χ1n) is 1.96. The van der Waals surface area contributed by atoms with Gasteiger partial charge in [-0.05, 0) is 6.92 Å². The molecule has 0 spiro atoms. The van der Waals surface area contributed by atoms with Crippen molar-refractivity contribution in [3.05, 3.63) is 6.43 Å². The van der Waals surface area contributed by atoms with Crippen LogP contribution in [0.25, 0.3) is 0 Å². The molecular weight excluding hydrogens is 124 g/mol. The van der Waals surface area contributed by atoms with Crippen molar-refractivity contribution in [1.82, 2.24) is 0 Å². The Balaban J connectivity index is 3.39. The number of alkyl halides is 2. The maximum Gasteiger partial charge on any atom is 0.316 e. The van der Waals surface area contributed by atoms with E-state index in [2.05, 4.69) is 0 Å². The minimum Gasteiger partial charge on any atom is -0.207 e. The molecule has 0 saturated carbocycles. The van der Waals surface area contributed by atoms with Crippen molar-refractivity contribution >= 4 is 0 Å². The largest absolute Gasteiger partial charge is 0.316 e. The summed E-state index contributed by atoms with van der Waals surface area (Å²) in [6, 6.07) is 0. The second-order valence-electron chi connectivity index (χ2n) is 1.59. The molecule has 0 unspecified atom stereocenters. The number of hydrogen-bond donors (Lipinski definition) is 0. The third-order valence-electron chi connectivity index (χ3n) is 0.444. The van der Waals surface area contributed by atoms with E-state index in [-0.39, 0.29) is 0 Å². The Morgan fingerprint density at radius 1 is 1.38 bits per heavy atom. The van der Waals surface area contributed by atoms with E-state index in [1.54, 1.807) is 0 Å². The highest BCUT2D eigenvalue weighted by Crippen LogP contribution is 2.24. The van der Waals surface area contributed by atoms with Crippen molar-refractivity contribution in [2.75, 3.05) is 0 Å². The summed E-state index contributed by atoms with van der Waals surface area (Å²) in [5, 5.41) is 0. The Morgan fingerprint density at radius 2 is 1.75 bits per heavy atom. The third-order valence-corrected chi connectivity index (χ3v) is 0.444. The minimum atomic E-state index is -3.27. The Labute approximate surface area is 44.5 Å². The summed E-state index contributed by atoms with van der Waals surface area (Å²) in [6.07, 6.45) is -3.65. The molecule has 0 saturated heterocycles. The van der Waals surface area contributed by atoms with Gasteiger partial charge in [-0.25, -0.2) is 8.78 Å². The van der Waals surface area contributed by atoms with E-state index in [1.165, 1.54) is 0 Å². The topological polar surface area (TPSA) is 0 Å². The molecule has 0 fully saturated rings. The number of halogens is 4. The highest BCUT2D eigenvalue weighted by atomic mass is 19.3. The minimum absolute atomic E-state index is 0.451. The smallest absolute Gasteiger partial charge is 0.207 e. The fourth-order valence-corrected chi connectivity index (χ4v) is 0.235. The van der Waals surface area contributed by atoms with E-state index in [9.17, 15) is 17.6 Å². The molecule has 0 nitrogen and oxygen atoms in total. The predicted octanol–water partition coefficient (Wildman–Crippen LogP) is 2.46. The lowest BCUT2D eigenvalue weighted by Gasteiger charge is -2.05. The van der Waals surface area contributed by atoms with E-state index >= 15 is 0 Å². The first kappa shape index (κ1) is 7.72. The highest BCUT2D eigenvalue weighted by Gasteiger charge is 2.27. The van der Waals surface area contributed by atoms with Gasteiger partial charge in [0.15, 0.2) is 0 Å². The number of hydrogen-bond acceptors (Lipinski definition) is 0.